The number of aromatic nitrogens is 1. The van der Waals surface area contributed by atoms with Crippen molar-refractivity contribution in [1.29, 1.82) is 0 Å². The summed E-state index contributed by atoms with van der Waals surface area (Å²) in [6.45, 7) is 0.323. The minimum absolute atomic E-state index is 0.115. The van der Waals surface area contributed by atoms with E-state index in [0.717, 1.165) is 37.0 Å². The molecular weight excluding hydrogens is 392 g/mol. The number of rotatable bonds is 6. The zero-order valence-electron chi connectivity index (χ0n) is 16.5. The van der Waals surface area contributed by atoms with Crippen LogP contribution in [0.3, 0.4) is 0 Å². The maximum atomic E-state index is 13.0. The minimum atomic E-state index is -3.74. The zero-order valence-corrected chi connectivity index (χ0v) is 17.3. The number of nitrogens with zero attached hydrogens (tertiary/aromatic N) is 1. The van der Waals surface area contributed by atoms with Crippen LogP contribution in [0.25, 0.3) is 11.1 Å². The van der Waals surface area contributed by atoms with Gasteiger partial charge in [-0.3, -0.25) is 4.57 Å². The van der Waals surface area contributed by atoms with Crippen molar-refractivity contribution in [3.05, 3.63) is 58.6 Å². The lowest BCUT2D eigenvalue weighted by Gasteiger charge is -2.30. The Hall–Kier alpha value is -2.58. The van der Waals surface area contributed by atoms with Gasteiger partial charge in [-0.25, -0.2) is 17.9 Å². The van der Waals surface area contributed by atoms with E-state index in [1.54, 1.807) is 14.2 Å². The van der Waals surface area contributed by atoms with Crippen molar-refractivity contribution in [3.63, 3.8) is 0 Å². The van der Waals surface area contributed by atoms with Crippen molar-refractivity contribution in [2.45, 2.75) is 36.0 Å². The Kier molecular flexibility index (Phi) is 5.00. The summed E-state index contributed by atoms with van der Waals surface area (Å²) < 4.78 is 40.4. The molecule has 2 aromatic carbocycles. The summed E-state index contributed by atoms with van der Waals surface area (Å²) in [7, 11) is -0.560. The van der Waals surface area contributed by atoms with Gasteiger partial charge in [0.1, 0.15) is 5.75 Å². The summed E-state index contributed by atoms with van der Waals surface area (Å²) >= 11 is 0. The SMILES string of the molecule is COc1ccc(C2(CNS(=O)(=O)c3ccc4oc(=O)n(C)c4c3)CCCC2)cc1. The second-order valence-electron chi connectivity index (χ2n) is 7.60. The van der Waals surface area contributed by atoms with Crippen LogP contribution in [0.5, 0.6) is 5.75 Å². The minimum Gasteiger partial charge on any atom is -0.497 e. The maximum Gasteiger partial charge on any atom is 0.419 e. The molecule has 1 fully saturated rings. The van der Waals surface area contributed by atoms with Gasteiger partial charge in [-0.15, -0.1) is 0 Å². The fourth-order valence-electron chi connectivity index (χ4n) is 4.15. The second kappa shape index (κ2) is 7.35. The van der Waals surface area contributed by atoms with E-state index in [1.165, 1.54) is 22.8 Å². The van der Waals surface area contributed by atoms with Gasteiger partial charge in [-0.2, -0.15) is 0 Å². The lowest BCUT2D eigenvalue weighted by atomic mass is 9.79. The summed E-state index contributed by atoms with van der Waals surface area (Å²) in [5.74, 6) is 0.258. The quantitative estimate of drug-likeness (QED) is 0.667. The molecule has 154 valence electrons. The van der Waals surface area contributed by atoms with Crippen LogP contribution in [0.1, 0.15) is 31.2 Å². The smallest absolute Gasteiger partial charge is 0.419 e. The number of hydrogen-bond donors (Lipinski definition) is 1. The Morgan fingerprint density at radius 1 is 1.14 bits per heavy atom. The van der Waals surface area contributed by atoms with Crippen LogP contribution in [-0.4, -0.2) is 26.6 Å². The molecule has 0 radical (unpaired) electrons. The van der Waals surface area contributed by atoms with Gasteiger partial charge in [0, 0.05) is 19.0 Å². The first kappa shape index (κ1) is 19.7. The predicted octanol–water partition coefficient (Wildman–Crippen LogP) is 2.93. The molecule has 0 unspecified atom stereocenters. The number of fused-ring (bicyclic) bond motifs is 1. The second-order valence-corrected chi connectivity index (χ2v) is 9.36. The first-order chi connectivity index (χ1) is 13.8. The normalized spacial score (nSPS) is 16.3. The van der Waals surface area contributed by atoms with Gasteiger partial charge in [0.15, 0.2) is 5.58 Å². The zero-order chi connectivity index (χ0) is 20.6. The third kappa shape index (κ3) is 3.58. The molecule has 1 aromatic heterocycles. The Morgan fingerprint density at radius 3 is 2.48 bits per heavy atom. The fourth-order valence-corrected chi connectivity index (χ4v) is 5.30. The topological polar surface area (TPSA) is 90.5 Å². The number of hydrogen-bond acceptors (Lipinski definition) is 5. The molecule has 1 saturated carbocycles. The van der Waals surface area contributed by atoms with Crippen LogP contribution >= 0.6 is 0 Å². The molecule has 1 aliphatic rings. The van der Waals surface area contributed by atoms with E-state index >= 15 is 0 Å². The van der Waals surface area contributed by atoms with Crippen LogP contribution in [0.2, 0.25) is 0 Å². The Morgan fingerprint density at radius 2 is 1.83 bits per heavy atom. The molecule has 0 spiro atoms. The average Bonchev–Trinajstić information content (AvgIpc) is 3.32. The first-order valence-electron chi connectivity index (χ1n) is 9.58. The van der Waals surface area contributed by atoms with E-state index in [1.807, 2.05) is 24.3 Å². The molecule has 0 aliphatic heterocycles. The van der Waals surface area contributed by atoms with Crippen molar-refractivity contribution in [3.8, 4) is 5.75 Å². The van der Waals surface area contributed by atoms with Crippen molar-refractivity contribution in [2.75, 3.05) is 13.7 Å². The summed E-state index contributed by atoms with van der Waals surface area (Å²) in [5, 5.41) is 0. The summed E-state index contributed by atoms with van der Waals surface area (Å²) in [6, 6.07) is 12.3. The monoisotopic (exact) mass is 416 g/mol. The third-order valence-corrected chi connectivity index (χ3v) is 7.34. The Balaban J connectivity index is 1.61. The Labute approximate surface area is 169 Å². The fraction of sp³-hybridized carbons (Fsp3) is 0.381. The van der Waals surface area contributed by atoms with Crippen molar-refractivity contribution in [1.82, 2.24) is 9.29 Å². The molecule has 0 amide bonds. The van der Waals surface area contributed by atoms with Gasteiger partial charge in [-0.1, -0.05) is 25.0 Å². The van der Waals surface area contributed by atoms with E-state index in [-0.39, 0.29) is 10.3 Å². The molecule has 7 nitrogen and oxygen atoms in total. The highest BCUT2D eigenvalue weighted by Crippen LogP contribution is 2.41. The van der Waals surface area contributed by atoms with Gasteiger partial charge >= 0.3 is 5.76 Å². The van der Waals surface area contributed by atoms with E-state index in [0.29, 0.717) is 17.6 Å². The van der Waals surface area contributed by atoms with Gasteiger partial charge in [0.25, 0.3) is 0 Å². The highest BCUT2D eigenvalue weighted by molar-refractivity contribution is 7.89. The molecule has 3 aromatic rings. The largest absolute Gasteiger partial charge is 0.497 e. The van der Waals surface area contributed by atoms with Gasteiger partial charge in [0.2, 0.25) is 10.0 Å². The summed E-state index contributed by atoms with van der Waals surface area (Å²) in [6.07, 6.45) is 3.99. The number of ether oxygens (including phenoxy) is 1. The van der Waals surface area contributed by atoms with Gasteiger partial charge < -0.3 is 9.15 Å². The molecule has 0 bridgehead atoms. The molecular formula is C21H24N2O5S. The molecule has 1 aliphatic carbocycles. The molecule has 1 heterocycles. The molecule has 0 saturated heterocycles. The number of benzene rings is 2. The standard InChI is InChI=1S/C21H24N2O5S/c1-23-18-13-17(9-10-19(18)28-20(23)24)29(25,26)22-14-21(11-3-4-12-21)15-5-7-16(27-2)8-6-15/h5-10,13,22H,3-4,11-12,14H2,1-2H3. The molecule has 8 heteroatoms. The van der Waals surface area contributed by atoms with Crippen molar-refractivity contribution in [2.24, 2.45) is 7.05 Å². The molecule has 1 N–H and O–H groups in total. The van der Waals surface area contributed by atoms with Gasteiger partial charge in [-0.05, 0) is 48.7 Å². The molecule has 0 atom stereocenters. The van der Waals surface area contributed by atoms with E-state index in [2.05, 4.69) is 4.72 Å². The average molecular weight is 416 g/mol. The maximum absolute atomic E-state index is 13.0. The number of aryl methyl sites for hydroxylation is 1. The van der Waals surface area contributed by atoms with E-state index < -0.39 is 15.8 Å². The number of nitrogens with one attached hydrogen (secondary N) is 1. The van der Waals surface area contributed by atoms with Gasteiger partial charge in [0.05, 0.1) is 17.5 Å². The molecule has 29 heavy (non-hydrogen) atoms. The number of sulfonamides is 1. The van der Waals surface area contributed by atoms with Crippen LogP contribution in [0.4, 0.5) is 0 Å². The number of methoxy groups -OCH3 is 1. The highest BCUT2D eigenvalue weighted by atomic mass is 32.2. The summed E-state index contributed by atoms with van der Waals surface area (Å²) in [5.41, 5.74) is 1.70. The van der Waals surface area contributed by atoms with Crippen molar-refractivity contribution >= 4 is 21.1 Å². The summed E-state index contributed by atoms with van der Waals surface area (Å²) in [4.78, 5) is 11.8. The van der Waals surface area contributed by atoms with Crippen LogP contribution in [0.15, 0.2) is 56.6 Å². The molecule has 4 rings (SSSR count). The highest BCUT2D eigenvalue weighted by Gasteiger charge is 2.36. The predicted molar refractivity (Wildman–Crippen MR) is 110 cm³/mol. The third-order valence-electron chi connectivity index (χ3n) is 5.94. The van der Waals surface area contributed by atoms with Crippen LogP contribution < -0.4 is 15.2 Å². The first-order valence-corrected chi connectivity index (χ1v) is 11.1. The van der Waals surface area contributed by atoms with Crippen molar-refractivity contribution < 1.29 is 17.6 Å². The van der Waals surface area contributed by atoms with Crippen LogP contribution in [0, 0.1) is 0 Å². The van der Waals surface area contributed by atoms with E-state index in [4.69, 9.17) is 9.15 Å². The Bertz CT molecular complexity index is 1190. The van der Waals surface area contributed by atoms with Crippen LogP contribution in [-0.2, 0) is 22.5 Å². The number of oxazole rings is 1. The lowest BCUT2D eigenvalue weighted by Crippen LogP contribution is -2.39. The van der Waals surface area contributed by atoms with E-state index in [9.17, 15) is 13.2 Å². The lowest BCUT2D eigenvalue weighted by molar-refractivity contribution is 0.410.